The minimum absolute atomic E-state index is 0.0240. The lowest BCUT2D eigenvalue weighted by atomic mass is 10.1. The van der Waals surface area contributed by atoms with E-state index in [0.717, 1.165) is 17.7 Å². The maximum atomic E-state index is 12.5. The van der Waals surface area contributed by atoms with Crippen LogP contribution in [0.1, 0.15) is 31.4 Å². The maximum absolute atomic E-state index is 12.5. The minimum Gasteiger partial charge on any atom is -0.352 e. The van der Waals surface area contributed by atoms with E-state index in [1.54, 1.807) is 17.0 Å². The lowest BCUT2D eigenvalue weighted by Crippen LogP contribution is -2.32. The molecule has 1 fully saturated rings. The van der Waals surface area contributed by atoms with E-state index in [-0.39, 0.29) is 30.1 Å². The molecule has 1 atom stereocenters. The van der Waals surface area contributed by atoms with Crippen LogP contribution in [0.2, 0.25) is 0 Å². The molecule has 0 aliphatic carbocycles. The van der Waals surface area contributed by atoms with Gasteiger partial charge in [0.25, 0.3) is 0 Å². The van der Waals surface area contributed by atoms with Gasteiger partial charge in [-0.25, -0.2) is 0 Å². The van der Waals surface area contributed by atoms with E-state index in [1.807, 2.05) is 36.4 Å². The number of amides is 3. The van der Waals surface area contributed by atoms with Gasteiger partial charge in [-0.05, 0) is 41.8 Å². The Hall–Kier alpha value is -3.15. The second-order valence-corrected chi connectivity index (χ2v) is 7.02. The fourth-order valence-corrected chi connectivity index (χ4v) is 3.29. The predicted molar refractivity (Wildman–Crippen MR) is 109 cm³/mol. The van der Waals surface area contributed by atoms with E-state index in [4.69, 9.17) is 0 Å². The van der Waals surface area contributed by atoms with Crippen molar-refractivity contribution in [3.05, 3.63) is 59.7 Å². The molecule has 0 spiro atoms. The summed E-state index contributed by atoms with van der Waals surface area (Å²) >= 11 is 0. The molecular weight excluding hydrogens is 354 g/mol. The molecule has 28 heavy (non-hydrogen) atoms. The van der Waals surface area contributed by atoms with Gasteiger partial charge in [0.05, 0.1) is 5.92 Å². The van der Waals surface area contributed by atoms with E-state index in [1.165, 1.54) is 12.5 Å². The van der Waals surface area contributed by atoms with Gasteiger partial charge in [-0.3, -0.25) is 14.4 Å². The molecule has 6 heteroatoms. The molecule has 1 heterocycles. The highest BCUT2D eigenvalue weighted by Gasteiger charge is 2.34. The standard InChI is InChI=1S/C22H25N3O3/c1-3-16-6-10-20(11-7-16)25-14-18(12-21(25)27)22(28)23-13-17-4-8-19(9-5-17)24-15(2)26/h4-11,18H,3,12-14H2,1-2H3,(H,23,28)(H,24,26). The molecule has 2 aromatic rings. The first-order chi connectivity index (χ1) is 13.5. The first-order valence-electron chi connectivity index (χ1n) is 9.50. The van der Waals surface area contributed by atoms with Gasteiger partial charge >= 0.3 is 0 Å². The zero-order chi connectivity index (χ0) is 20.1. The Kier molecular flexibility index (Phi) is 6.09. The first kappa shape index (κ1) is 19.6. The molecule has 1 aliphatic heterocycles. The Bertz CT molecular complexity index is 860. The molecule has 0 bridgehead atoms. The van der Waals surface area contributed by atoms with Crippen molar-refractivity contribution in [1.82, 2.24) is 5.32 Å². The third kappa shape index (κ3) is 4.76. The van der Waals surface area contributed by atoms with E-state index in [9.17, 15) is 14.4 Å². The summed E-state index contributed by atoms with van der Waals surface area (Å²) in [4.78, 5) is 37.6. The fraction of sp³-hybridized carbons (Fsp3) is 0.318. The van der Waals surface area contributed by atoms with Crippen LogP contribution in [0.3, 0.4) is 0 Å². The molecule has 2 N–H and O–H groups in total. The largest absolute Gasteiger partial charge is 0.352 e. The summed E-state index contributed by atoms with van der Waals surface area (Å²) in [5.41, 5.74) is 3.70. The smallest absolute Gasteiger partial charge is 0.227 e. The number of rotatable bonds is 6. The minimum atomic E-state index is -0.350. The first-order valence-corrected chi connectivity index (χ1v) is 9.50. The van der Waals surface area contributed by atoms with Crippen molar-refractivity contribution in [3.63, 3.8) is 0 Å². The number of carbonyl (C=O) groups excluding carboxylic acids is 3. The summed E-state index contributed by atoms with van der Waals surface area (Å²) in [6.45, 7) is 4.33. The summed E-state index contributed by atoms with van der Waals surface area (Å²) in [6.07, 6.45) is 1.17. The van der Waals surface area contributed by atoms with Crippen molar-refractivity contribution in [2.75, 3.05) is 16.8 Å². The quantitative estimate of drug-likeness (QED) is 0.810. The van der Waals surface area contributed by atoms with E-state index >= 15 is 0 Å². The van der Waals surface area contributed by atoms with Crippen LogP contribution < -0.4 is 15.5 Å². The van der Waals surface area contributed by atoms with Crippen molar-refractivity contribution in [3.8, 4) is 0 Å². The Morgan fingerprint density at radius 3 is 2.29 bits per heavy atom. The van der Waals surface area contributed by atoms with Crippen LogP contribution in [-0.4, -0.2) is 24.3 Å². The zero-order valence-corrected chi connectivity index (χ0v) is 16.2. The number of hydrogen-bond donors (Lipinski definition) is 2. The van der Waals surface area contributed by atoms with Crippen molar-refractivity contribution < 1.29 is 14.4 Å². The summed E-state index contributed by atoms with van der Waals surface area (Å²) in [7, 11) is 0. The number of nitrogens with one attached hydrogen (secondary N) is 2. The monoisotopic (exact) mass is 379 g/mol. The van der Waals surface area contributed by atoms with Crippen LogP contribution in [0.5, 0.6) is 0 Å². The molecule has 3 rings (SSSR count). The highest BCUT2D eigenvalue weighted by molar-refractivity contribution is 6.00. The Morgan fingerprint density at radius 2 is 1.68 bits per heavy atom. The van der Waals surface area contributed by atoms with E-state index < -0.39 is 0 Å². The number of benzene rings is 2. The molecule has 1 saturated heterocycles. The topological polar surface area (TPSA) is 78.5 Å². The molecule has 1 aliphatic rings. The molecular formula is C22H25N3O3. The van der Waals surface area contributed by atoms with E-state index in [0.29, 0.717) is 18.8 Å². The van der Waals surface area contributed by atoms with Crippen LogP contribution >= 0.6 is 0 Å². The fourth-order valence-electron chi connectivity index (χ4n) is 3.29. The molecule has 0 saturated carbocycles. The second kappa shape index (κ2) is 8.69. The summed E-state index contributed by atoms with van der Waals surface area (Å²) in [5, 5.41) is 5.61. The van der Waals surface area contributed by atoms with Crippen LogP contribution in [0, 0.1) is 5.92 Å². The van der Waals surface area contributed by atoms with Crippen LogP contribution in [0.25, 0.3) is 0 Å². The lowest BCUT2D eigenvalue weighted by molar-refractivity contribution is -0.126. The molecule has 0 radical (unpaired) electrons. The third-order valence-corrected chi connectivity index (χ3v) is 4.89. The molecule has 146 valence electrons. The van der Waals surface area contributed by atoms with Crippen molar-refractivity contribution in [2.24, 2.45) is 5.92 Å². The van der Waals surface area contributed by atoms with Gasteiger partial charge in [-0.1, -0.05) is 31.2 Å². The molecule has 6 nitrogen and oxygen atoms in total. The summed E-state index contributed by atoms with van der Waals surface area (Å²) in [5.74, 6) is -0.617. The molecule has 3 amide bonds. The number of carbonyl (C=O) groups is 3. The number of hydrogen-bond acceptors (Lipinski definition) is 3. The van der Waals surface area contributed by atoms with Crippen LogP contribution in [0.15, 0.2) is 48.5 Å². The highest BCUT2D eigenvalue weighted by atomic mass is 16.2. The summed E-state index contributed by atoms with van der Waals surface area (Å²) < 4.78 is 0. The van der Waals surface area contributed by atoms with Gasteiger partial charge in [0, 0.05) is 37.8 Å². The van der Waals surface area contributed by atoms with Crippen molar-refractivity contribution >= 4 is 29.1 Å². The Balaban J connectivity index is 1.54. The SMILES string of the molecule is CCc1ccc(N2CC(C(=O)NCc3ccc(NC(C)=O)cc3)CC2=O)cc1. The molecule has 0 aromatic heterocycles. The zero-order valence-electron chi connectivity index (χ0n) is 16.2. The van der Waals surface area contributed by atoms with Gasteiger partial charge in [0.15, 0.2) is 0 Å². The molecule has 2 aromatic carbocycles. The average molecular weight is 379 g/mol. The third-order valence-electron chi connectivity index (χ3n) is 4.89. The maximum Gasteiger partial charge on any atom is 0.227 e. The van der Waals surface area contributed by atoms with Crippen LogP contribution in [0.4, 0.5) is 11.4 Å². The van der Waals surface area contributed by atoms with Gasteiger partial charge in [-0.2, -0.15) is 0 Å². The van der Waals surface area contributed by atoms with Gasteiger partial charge in [0.2, 0.25) is 17.7 Å². The van der Waals surface area contributed by atoms with Crippen molar-refractivity contribution in [1.29, 1.82) is 0 Å². The van der Waals surface area contributed by atoms with Crippen LogP contribution in [-0.2, 0) is 27.3 Å². The lowest BCUT2D eigenvalue weighted by Gasteiger charge is -2.17. The number of anilines is 2. The number of nitrogens with zero attached hydrogens (tertiary/aromatic N) is 1. The second-order valence-electron chi connectivity index (χ2n) is 7.02. The predicted octanol–water partition coefficient (Wildman–Crippen LogP) is 2.88. The summed E-state index contributed by atoms with van der Waals surface area (Å²) in [6, 6.07) is 15.2. The van der Waals surface area contributed by atoms with Gasteiger partial charge in [0.1, 0.15) is 0 Å². The van der Waals surface area contributed by atoms with Crippen molar-refractivity contribution in [2.45, 2.75) is 33.2 Å². The Morgan fingerprint density at radius 1 is 1.04 bits per heavy atom. The highest BCUT2D eigenvalue weighted by Crippen LogP contribution is 2.25. The average Bonchev–Trinajstić information content (AvgIpc) is 3.08. The Labute approximate surface area is 164 Å². The van der Waals surface area contributed by atoms with Gasteiger partial charge < -0.3 is 15.5 Å². The number of aryl methyl sites for hydroxylation is 1. The molecule has 1 unspecified atom stereocenters. The van der Waals surface area contributed by atoms with E-state index in [2.05, 4.69) is 17.6 Å². The van der Waals surface area contributed by atoms with Gasteiger partial charge in [-0.15, -0.1) is 0 Å². The normalized spacial score (nSPS) is 16.1.